The normalized spacial score (nSPS) is 21.5. The Bertz CT molecular complexity index is 648. The molecule has 1 saturated heterocycles. The molecule has 31 heavy (non-hydrogen) atoms. The molecule has 0 bridgehead atoms. The summed E-state index contributed by atoms with van der Waals surface area (Å²) in [5.74, 6) is -3.20. The van der Waals surface area contributed by atoms with Gasteiger partial charge in [-0.15, -0.1) is 0 Å². The predicted molar refractivity (Wildman–Crippen MR) is 115 cm³/mol. The van der Waals surface area contributed by atoms with Crippen LogP contribution in [0.25, 0.3) is 0 Å². The van der Waals surface area contributed by atoms with Crippen molar-refractivity contribution in [3.8, 4) is 0 Å². The SMILES string of the molecule is CC.O=C(NN1C(=O)CCC1=O)C(=O)C(NC(=O)C1CCCCCC1)C1CCCCC1. The minimum atomic E-state index is -1.01. The van der Waals surface area contributed by atoms with Gasteiger partial charge in [0.15, 0.2) is 0 Å². The molecule has 8 nitrogen and oxygen atoms in total. The number of hydrogen-bond donors (Lipinski definition) is 2. The molecule has 0 radical (unpaired) electrons. The summed E-state index contributed by atoms with van der Waals surface area (Å²) >= 11 is 0. The Labute approximate surface area is 184 Å². The summed E-state index contributed by atoms with van der Waals surface area (Å²) in [6, 6.07) is -0.904. The molecule has 1 atom stereocenters. The summed E-state index contributed by atoms with van der Waals surface area (Å²) in [7, 11) is 0. The minimum Gasteiger partial charge on any atom is -0.345 e. The van der Waals surface area contributed by atoms with Crippen LogP contribution in [0.2, 0.25) is 0 Å². The van der Waals surface area contributed by atoms with Gasteiger partial charge in [0, 0.05) is 18.8 Å². The van der Waals surface area contributed by atoms with E-state index in [2.05, 4.69) is 10.7 Å². The van der Waals surface area contributed by atoms with Gasteiger partial charge in [0.05, 0.1) is 0 Å². The zero-order valence-corrected chi connectivity index (χ0v) is 18.9. The molecule has 1 aliphatic heterocycles. The van der Waals surface area contributed by atoms with E-state index in [1.807, 2.05) is 13.8 Å². The van der Waals surface area contributed by atoms with E-state index in [9.17, 15) is 24.0 Å². The van der Waals surface area contributed by atoms with Gasteiger partial charge < -0.3 is 5.32 Å². The van der Waals surface area contributed by atoms with Crippen molar-refractivity contribution in [1.82, 2.24) is 15.8 Å². The maximum absolute atomic E-state index is 13.0. The monoisotopic (exact) mass is 435 g/mol. The second kappa shape index (κ2) is 12.6. The summed E-state index contributed by atoms with van der Waals surface area (Å²) in [4.78, 5) is 61.8. The zero-order chi connectivity index (χ0) is 22.8. The van der Waals surface area contributed by atoms with Crippen molar-refractivity contribution in [3.63, 3.8) is 0 Å². The van der Waals surface area contributed by atoms with Crippen molar-refractivity contribution in [3.05, 3.63) is 0 Å². The Morgan fingerprint density at radius 3 is 1.84 bits per heavy atom. The van der Waals surface area contributed by atoms with Crippen LogP contribution in [0.3, 0.4) is 0 Å². The van der Waals surface area contributed by atoms with Gasteiger partial charge in [-0.25, -0.2) is 0 Å². The lowest BCUT2D eigenvalue weighted by molar-refractivity contribution is -0.152. The average molecular weight is 436 g/mol. The standard InChI is InChI=1S/C21H31N3O5.C2H6/c25-16-12-13-17(26)24(16)23-21(29)19(27)18(14-8-6-3-7-9-14)22-20(28)15-10-4-1-2-5-11-15;1-2/h14-15,18H,1-13H2,(H,22,28)(H,23,29);1-2H3. The second-order valence-electron chi connectivity index (χ2n) is 8.50. The number of Topliss-reactive ketones (excluding diaryl/α,β-unsaturated/α-hetero) is 1. The largest absolute Gasteiger partial charge is 0.345 e. The number of nitrogens with one attached hydrogen (secondary N) is 2. The highest BCUT2D eigenvalue weighted by atomic mass is 16.2. The van der Waals surface area contributed by atoms with Gasteiger partial charge in [-0.05, 0) is 31.6 Å². The number of hydrogen-bond acceptors (Lipinski definition) is 5. The Morgan fingerprint density at radius 2 is 1.29 bits per heavy atom. The van der Waals surface area contributed by atoms with E-state index in [0.717, 1.165) is 70.6 Å². The van der Waals surface area contributed by atoms with E-state index < -0.39 is 29.5 Å². The van der Waals surface area contributed by atoms with Gasteiger partial charge in [0.1, 0.15) is 6.04 Å². The van der Waals surface area contributed by atoms with Crippen LogP contribution in [0.15, 0.2) is 0 Å². The van der Waals surface area contributed by atoms with E-state index in [1.165, 1.54) is 0 Å². The molecule has 2 N–H and O–H groups in total. The molecule has 174 valence electrons. The van der Waals surface area contributed by atoms with Gasteiger partial charge in [0.2, 0.25) is 23.5 Å². The topological polar surface area (TPSA) is 113 Å². The maximum Gasteiger partial charge on any atom is 0.308 e. The third kappa shape index (κ3) is 6.87. The first-order valence-electron chi connectivity index (χ1n) is 12.0. The van der Waals surface area contributed by atoms with Gasteiger partial charge in [0.25, 0.3) is 0 Å². The summed E-state index contributed by atoms with van der Waals surface area (Å²) in [5.41, 5.74) is 2.16. The van der Waals surface area contributed by atoms with Crippen molar-refractivity contribution < 1.29 is 24.0 Å². The molecule has 8 heteroatoms. The van der Waals surface area contributed by atoms with Gasteiger partial charge in [-0.3, -0.25) is 29.4 Å². The number of carbonyl (C=O) groups excluding carboxylic acids is 5. The lowest BCUT2D eigenvalue weighted by atomic mass is 9.81. The fourth-order valence-electron chi connectivity index (χ4n) is 4.68. The van der Waals surface area contributed by atoms with Gasteiger partial charge in [-0.1, -0.05) is 58.8 Å². The van der Waals surface area contributed by atoms with E-state index in [4.69, 9.17) is 0 Å². The first kappa shape index (κ1) is 25.0. The molecule has 3 aliphatic rings. The van der Waals surface area contributed by atoms with Crippen LogP contribution in [0, 0.1) is 11.8 Å². The smallest absolute Gasteiger partial charge is 0.308 e. The lowest BCUT2D eigenvalue weighted by Gasteiger charge is -2.31. The van der Waals surface area contributed by atoms with Crippen LogP contribution < -0.4 is 10.7 Å². The summed E-state index contributed by atoms with van der Waals surface area (Å²) < 4.78 is 0. The quantitative estimate of drug-likeness (QED) is 0.378. The van der Waals surface area contributed by atoms with E-state index in [-0.39, 0.29) is 30.6 Å². The van der Waals surface area contributed by atoms with Crippen LogP contribution in [0.4, 0.5) is 0 Å². The maximum atomic E-state index is 13.0. The Balaban J connectivity index is 0.00000166. The molecule has 2 saturated carbocycles. The molecule has 0 aromatic heterocycles. The zero-order valence-electron chi connectivity index (χ0n) is 18.9. The molecule has 3 fully saturated rings. The molecule has 1 unspecified atom stereocenters. The fourth-order valence-corrected chi connectivity index (χ4v) is 4.68. The highest BCUT2D eigenvalue weighted by Crippen LogP contribution is 2.28. The van der Waals surface area contributed by atoms with E-state index in [0.29, 0.717) is 5.01 Å². The number of nitrogens with zero attached hydrogens (tertiary/aromatic N) is 1. The Hall–Kier alpha value is -2.25. The number of amides is 4. The molecule has 0 spiro atoms. The minimum absolute atomic E-state index is 0.0256. The van der Waals surface area contributed by atoms with Crippen molar-refractivity contribution >= 4 is 29.4 Å². The predicted octanol–water partition coefficient (Wildman–Crippen LogP) is 2.80. The second-order valence-corrected chi connectivity index (χ2v) is 8.50. The van der Waals surface area contributed by atoms with Gasteiger partial charge >= 0.3 is 5.91 Å². The molecule has 0 aromatic rings. The molecule has 1 heterocycles. The van der Waals surface area contributed by atoms with Crippen LogP contribution in [0.5, 0.6) is 0 Å². The van der Waals surface area contributed by atoms with Crippen molar-refractivity contribution in [2.75, 3.05) is 0 Å². The Morgan fingerprint density at radius 1 is 0.806 bits per heavy atom. The molecule has 2 aliphatic carbocycles. The Kier molecular flexibility index (Phi) is 10.1. The third-order valence-electron chi connectivity index (χ3n) is 6.42. The molecule has 3 rings (SSSR count). The van der Waals surface area contributed by atoms with Crippen molar-refractivity contribution in [2.45, 2.75) is 103 Å². The number of rotatable bonds is 6. The highest BCUT2D eigenvalue weighted by Gasteiger charge is 2.38. The molecule has 0 aromatic carbocycles. The molecular formula is C23H37N3O5. The number of carbonyl (C=O) groups is 5. The van der Waals surface area contributed by atoms with Crippen molar-refractivity contribution in [2.24, 2.45) is 11.8 Å². The van der Waals surface area contributed by atoms with Crippen LogP contribution in [-0.4, -0.2) is 40.5 Å². The summed E-state index contributed by atoms with van der Waals surface area (Å²) in [6.45, 7) is 4.00. The fraction of sp³-hybridized carbons (Fsp3) is 0.783. The first-order valence-corrected chi connectivity index (χ1v) is 12.0. The van der Waals surface area contributed by atoms with E-state index in [1.54, 1.807) is 0 Å². The number of imide groups is 1. The number of ketones is 1. The highest BCUT2D eigenvalue weighted by molar-refractivity contribution is 6.39. The van der Waals surface area contributed by atoms with Gasteiger partial charge in [-0.2, -0.15) is 5.01 Å². The lowest BCUT2D eigenvalue weighted by Crippen LogP contribution is -2.56. The van der Waals surface area contributed by atoms with E-state index >= 15 is 0 Å². The van der Waals surface area contributed by atoms with Crippen LogP contribution in [0.1, 0.15) is 97.3 Å². The summed E-state index contributed by atoms with van der Waals surface area (Å²) in [5, 5.41) is 3.50. The average Bonchev–Trinajstić information content (AvgIpc) is 2.99. The molecule has 4 amide bonds. The third-order valence-corrected chi connectivity index (χ3v) is 6.42. The number of hydrazine groups is 1. The van der Waals surface area contributed by atoms with Crippen LogP contribution in [-0.2, 0) is 24.0 Å². The van der Waals surface area contributed by atoms with Crippen LogP contribution >= 0.6 is 0 Å². The molecular weight excluding hydrogens is 398 g/mol. The van der Waals surface area contributed by atoms with Crippen molar-refractivity contribution in [1.29, 1.82) is 0 Å². The first-order chi connectivity index (χ1) is 15.0. The summed E-state index contributed by atoms with van der Waals surface area (Å²) in [6.07, 6.45) is 10.4.